The molecule has 0 radical (unpaired) electrons. The largest absolute Gasteiger partial charge is 0.490 e. The van der Waals surface area contributed by atoms with E-state index in [9.17, 15) is 0 Å². The molecule has 6 heteroatoms. The monoisotopic (exact) mass is 395 g/mol. The average Bonchev–Trinajstić information content (AvgIpc) is 2.56. The molecule has 0 amide bonds. The molecular formula is C17H22BrN3OS. The van der Waals surface area contributed by atoms with E-state index in [-0.39, 0.29) is 0 Å². The molecule has 2 rings (SSSR count). The fourth-order valence-corrected chi connectivity index (χ4v) is 3.06. The number of rotatable bonds is 6. The van der Waals surface area contributed by atoms with Gasteiger partial charge in [-0.3, -0.25) is 5.43 Å². The van der Waals surface area contributed by atoms with Crippen LogP contribution in [0, 0.1) is 0 Å². The lowest BCUT2D eigenvalue weighted by atomic mass is 9.96. The number of hydrazone groups is 1. The molecule has 1 saturated carbocycles. The molecule has 0 saturated heterocycles. The van der Waals surface area contributed by atoms with Crippen LogP contribution in [-0.2, 0) is 0 Å². The Balaban J connectivity index is 1.86. The van der Waals surface area contributed by atoms with Gasteiger partial charge in [0.05, 0.1) is 6.21 Å². The van der Waals surface area contributed by atoms with Crippen LogP contribution in [0.25, 0.3) is 0 Å². The number of nitrogens with zero attached hydrogens (tertiary/aromatic N) is 1. The zero-order chi connectivity index (χ0) is 16.5. The molecule has 0 aliphatic heterocycles. The number of benzene rings is 1. The van der Waals surface area contributed by atoms with E-state index in [1.54, 1.807) is 12.3 Å². The molecule has 1 aromatic rings. The van der Waals surface area contributed by atoms with Crippen molar-refractivity contribution in [2.24, 2.45) is 5.10 Å². The number of hydrogen-bond donors (Lipinski definition) is 2. The van der Waals surface area contributed by atoms with Crippen LogP contribution in [0.15, 0.2) is 40.4 Å². The summed E-state index contributed by atoms with van der Waals surface area (Å²) in [4.78, 5) is 0. The van der Waals surface area contributed by atoms with E-state index in [0.29, 0.717) is 17.8 Å². The van der Waals surface area contributed by atoms with E-state index >= 15 is 0 Å². The molecule has 124 valence electrons. The van der Waals surface area contributed by atoms with Crippen molar-refractivity contribution < 1.29 is 4.74 Å². The van der Waals surface area contributed by atoms with E-state index in [1.807, 2.05) is 18.2 Å². The van der Waals surface area contributed by atoms with Crippen LogP contribution >= 0.6 is 28.1 Å². The first kappa shape index (κ1) is 17.9. The highest BCUT2D eigenvalue weighted by Gasteiger charge is 2.13. The molecule has 0 atom stereocenters. The molecular weight excluding hydrogens is 374 g/mol. The Kier molecular flexibility index (Phi) is 7.55. The Bertz CT molecular complexity index is 571. The van der Waals surface area contributed by atoms with Gasteiger partial charge in [0.2, 0.25) is 0 Å². The number of thiocarbonyl (C=S) groups is 1. The maximum absolute atomic E-state index is 5.52. The molecule has 1 fully saturated rings. The van der Waals surface area contributed by atoms with Crippen molar-refractivity contribution >= 4 is 39.5 Å². The lowest BCUT2D eigenvalue weighted by molar-refractivity contribution is 0.363. The second kappa shape index (κ2) is 9.67. The van der Waals surface area contributed by atoms with Gasteiger partial charge in [-0.05, 0) is 43.3 Å². The molecule has 1 aromatic carbocycles. The van der Waals surface area contributed by atoms with Gasteiger partial charge in [-0.15, -0.1) is 0 Å². The van der Waals surface area contributed by atoms with Gasteiger partial charge in [0, 0.05) is 16.1 Å². The summed E-state index contributed by atoms with van der Waals surface area (Å²) in [5, 5.41) is 8.10. The second-order valence-electron chi connectivity index (χ2n) is 5.46. The minimum Gasteiger partial charge on any atom is -0.490 e. The first-order valence-electron chi connectivity index (χ1n) is 7.82. The van der Waals surface area contributed by atoms with Crippen LogP contribution in [0.5, 0.6) is 5.75 Å². The zero-order valence-corrected chi connectivity index (χ0v) is 15.5. The summed E-state index contributed by atoms with van der Waals surface area (Å²) < 4.78 is 6.46. The predicted molar refractivity (Wildman–Crippen MR) is 103 cm³/mol. The SMILES string of the molecule is C=CCOc1ccc(Br)c(/C=N\NC(=S)NC2CCCCC2)c1. The molecule has 0 spiro atoms. The van der Waals surface area contributed by atoms with Crippen LogP contribution in [0.1, 0.15) is 37.7 Å². The molecule has 23 heavy (non-hydrogen) atoms. The summed E-state index contributed by atoms with van der Waals surface area (Å²) in [7, 11) is 0. The van der Waals surface area contributed by atoms with E-state index in [2.05, 4.69) is 38.4 Å². The van der Waals surface area contributed by atoms with E-state index in [4.69, 9.17) is 17.0 Å². The first-order chi connectivity index (χ1) is 11.2. The van der Waals surface area contributed by atoms with Crippen LogP contribution in [0.2, 0.25) is 0 Å². The molecule has 2 N–H and O–H groups in total. The second-order valence-corrected chi connectivity index (χ2v) is 6.72. The highest BCUT2D eigenvalue weighted by molar-refractivity contribution is 9.10. The van der Waals surface area contributed by atoms with Crippen LogP contribution in [0.3, 0.4) is 0 Å². The Morgan fingerprint density at radius 3 is 2.91 bits per heavy atom. The minimum atomic E-state index is 0.473. The van der Waals surface area contributed by atoms with Gasteiger partial charge >= 0.3 is 0 Å². The minimum absolute atomic E-state index is 0.473. The first-order valence-corrected chi connectivity index (χ1v) is 9.02. The van der Waals surface area contributed by atoms with Gasteiger partial charge in [-0.25, -0.2) is 0 Å². The Labute approximate surface area is 151 Å². The topological polar surface area (TPSA) is 45.6 Å². The van der Waals surface area contributed by atoms with Crippen molar-refractivity contribution in [3.05, 3.63) is 40.9 Å². The lowest BCUT2D eigenvalue weighted by Gasteiger charge is -2.23. The van der Waals surface area contributed by atoms with Crippen molar-refractivity contribution in [3.63, 3.8) is 0 Å². The smallest absolute Gasteiger partial charge is 0.187 e. The number of nitrogens with one attached hydrogen (secondary N) is 2. The summed E-state index contributed by atoms with van der Waals surface area (Å²) in [5.41, 5.74) is 3.80. The summed E-state index contributed by atoms with van der Waals surface area (Å²) in [6.45, 7) is 4.12. The third kappa shape index (κ3) is 6.31. The molecule has 0 bridgehead atoms. The van der Waals surface area contributed by atoms with Crippen molar-refractivity contribution in [1.29, 1.82) is 0 Å². The van der Waals surface area contributed by atoms with Gasteiger partial charge < -0.3 is 10.1 Å². The van der Waals surface area contributed by atoms with Crippen molar-refractivity contribution in [3.8, 4) is 5.75 Å². The maximum atomic E-state index is 5.52. The van der Waals surface area contributed by atoms with Crippen molar-refractivity contribution in [1.82, 2.24) is 10.7 Å². The molecule has 0 unspecified atom stereocenters. The molecule has 0 heterocycles. The van der Waals surface area contributed by atoms with Crippen molar-refractivity contribution in [2.75, 3.05) is 6.61 Å². The van der Waals surface area contributed by atoms with Gasteiger partial charge in [0.15, 0.2) is 5.11 Å². The highest BCUT2D eigenvalue weighted by Crippen LogP contribution is 2.21. The molecule has 1 aliphatic carbocycles. The summed E-state index contributed by atoms with van der Waals surface area (Å²) in [5.74, 6) is 0.775. The van der Waals surface area contributed by atoms with Crippen LogP contribution in [-0.4, -0.2) is 24.0 Å². The fourth-order valence-electron chi connectivity index (χ4n) is 2.49. The van der Waals surface area contributed by atoms with E-state index < -0.39 is 0 Å². The summed E-state index contributed by atoms with van der Waals surface area (Å²) in [6.07, 6.45) is 9.67. The summed E-state index contributed by atoms with van der Waals surface area (Å²) in [6, 6.07) is 6.21. The van der Waals surface area contributed by atoms with Gasteiger partial charge in [-0.2, -0.15) is 5.10 Å². The summed E-state index contributed by atoms with van der Waals surface area (Å²) >= 11 is 8.78. The predicted octanol–water partition coefficient (Wildman–Crippen LogP) is 4.14. The quantitative estimate of drug-likeness (QED) is 0.328. The number of ether oxygens (including phenoxy) is 1. The number of halogens is 1. The van der Waals surface area contributed by atoms with Crippen LogP contribution < -0.4 is 15.5 Å². The third-order valence-electron chi connectivity index (χ3n) is 3.65. The van der Waals surface area contributed by atoms with Gasteiger partial charge in [-0.1, -0.05) is 47.8 Å². The van der Waals surface area contributed by atoms with Crippen molar-refractivity contribution in [2.45, 2.75) is 38.1 Å². The number of hydrogen-bond acceptors (Lipinski definition) is 3. The van der Waals surface area contributed by atoms with Gasteiger partial charge in [0.1, 0.15) is 12.4 Å². The Morgan fingerprint density at radius 2 is 2.17 bits per heavy atom. The molecule has 1 aliphatic rings. The average molecular weight is 396 g/mol. The molecule has 0 aromatic heterocycles. The van der Waals surface area contributed by atoms with E-state index in [0.717, 1.165) is 15.8 Å². The lowest BCUT2D eigenvalue weighted by Crippen LogP contribution is -2.40. The van der Waals surface area contributed by atoms with Gasteiger partial charge in [0.25, 0.3) is 0 Å². The maximum Gasteiger partial charge on any atom is 0.187 e. The van der Waals surface area contributed by atoms with E-state index in [1.165, 1.54) is 32.1 Å². The Hall–Kier alpha value is -1.40. The fraction of sp³-hybridized carbons (Fsp3) is 0.412. The highest BCUT2D eigenvalue weighted by atomic mass is 79.9. The normalized spacial score (nSPS) is 15.3. The van der Waals surface area contributed by atoms with Crippen LogP contribution in [0.4, 0.5) is 0 Å². The standard InChI is InChI=1S/C17H22BrN3OS/c1-2-10-22-15-8-9-16(18)13(11-15)12-19-21-17(23)20-14-6-4-3-5-7-14/h2,8-9,11-12,14H,1,3-7,10H2,(H2,20,21,23)/b19-12-. The molecule has 4 nitrogen and oxygen atoms in total. The Morgan fingerprint density at radius 1 is 1.39 bits per heavy atom. The zero-order valence-electron chi connectivity index (χ0n) is 13.1. The third-order valence-corrected chi connectivity index (χ3v) is 4.58.